The number of benzene rings is 3. The van der Waals surface area contributed by atoms with Gasteiger partial charge in [-0.2, -0.15) is 0 Å². The van der Waals surface area contributed by atoms with Crippen molar-refractivity contribution in [3.05, 3.63) is 83.2 Å². The molecule has 1 atom stereocenters. The molecule has 0 aliphatic rings. The molecule has 0 saturated carbocycles. The van der Waals surface area contributed by atoms with Crippen LogP contribution in [0.15, 0.2) is 65.6 Å². The Bertz CT molecular complexity index is 1520. The smallest absolute Gasteiger partial charge is 0.264 e. The minimum Gasteiger partial charge on any atom is -0.493 e. The molecular formula is C32H40FN3O6S. The SMILES string of the molecule is COc1ccc(S(=O)(=O)N(CC(=O)N(Cc2ccc(F)cc2)[C@H](C)C(=O)NCC(C)C)c2cc(C)cc(C)c2)cc1OC. The molecule has 3 aromatic rings. The third-order valence-corrected chi connectivity index (χ3v) is 8.60. The molecule has 1 N–H and O–H groups in total. The van der Waals surface area contributed by atoms with Gasteiger partial charge in [0.25, 0.3) is 10.0 Å². The lowest BCUT2D eigenvalue weighted by atomic mass is 10.1. The maximum absolute atomic E-state index is 14.2. The van der Waals surface area contributed by atoms with Crippen LogP contribution in [0.4, 0.5) is 10.1 Å². The van der Waals surface area contributed by atoms with Crippen molar-refractivity contribution in [2.24, 2.45) is 5.92 Å². The van der Waals surface area contributed by atoms with Crippen LogP contribution in [0.25, 0.3) is 0 Å². The molecule has 3 rings (SSSR count). The van der Waals surface area contributed by atoms with E-state index < -0.39 is 34.3 Å². The minimum atomic E-state index is -4.32. The maximum atomic E-state index is 14.2. The monoisotopic (exact) mass is 613 g/mol. The molecule has 0 spiro atoms. The number of methoxy groups -OCH3 is 2. The van der Waals surface area contributed by atoms with E-state index in [1.54, 1.807) is 19.1 Å². The molecule has 0 fully saturated rings. The van der Waals surface area contributed by atoms with Crippen LogP contribution in [0.2, 0.25) is 0 Å². The Kier molecular flexibility index (Phi) is 11.2. The molecule has 0 saturated heterocycles. The van der Waals surface area contributed by atoms with Crippen LogP contribution in [-0.4, -0.2) is 58.5 Å². The van der Waals surface area contributed by atoms with E-state index in [1.807, 2.05) is 33.8 Å². The van der Waals surface area contributed by atoms with Crippen LogP contribution >= 0.6 is 0 Å². The average molecular weight is 614 g/mol. The van der Waals surface area contributed by atoms with Gasteiger partial charge in [0.15, 0.2) is 11.5 Å². The lowest BCUT2D eigenvalue weighted by Gasteiger charge is -2.32. The van der Waals surface area contributed by atoms with E-state index in [1.165, 1.54) is 61.6 Å². The second kappa shape index (κ2) is 14.4. The van der Waals surface area contributed by atoms with Crippen molar-refractivity contribution in [1.29, 1.82) is 0 Å². The zero-order valence-corrected chi connectivity index (χ0v) is 26.5. The first kappa shape index (κ1) is 33.4. The fraction of sp³-hybridized carbons (Fsp3) is 0.375. The summed E-state index contributed by atoms with van der Waals surface area (Å²) in [6, 6.07) is 14.1. The van der Waals surface area contributed by atoms with E-state index in [4.69, 9.17) is 9.47 Å². The van der Waals surface area contributed by atoms with Gasteiger partial charge in [-0.3, -0.25) is 13.9 Å². The van der Waals surface area contributed by atoms with E-state index >= 15 is 0 Å². The number of nitrogens with zero attached hydrogens (tertiary/aromatic N) is 2. The molecule has 0 aromatic heterocycles. The fourth-order valence-corrected chi connectivity index (χ4v) is 5.96. The summed E-state index contributed by atoms with van der Waals surface area (Å²) >= 11 is 0. The second-order valence-corrected chi connectivity index (χ2v) is 12.7. The number of ether oxygens (including phenoxy) is 2. The average Bonchev–Trinajstić information content (AvgIpc) is 2.96. The fourth-order valence-electron chi connectivity index (χ4n) is 4.55. The number of anilines is 1. The topological polar surface area (TPSA) is 105 Å². The van der Waals surface area contributed by atoms with Crippen molar-refractivity contribution in [1.82, 2.24) is 10.2 Å². The third-order valence-electron chi connectivity index (χ3n) is 6.83. The molecule has 0 bridgehead atoms. The Labute approximate surface area is 253 Å². The zero-order chi connectivity index (χ0) is 31.9. The first-order chi connectivity index (χ1) is 20.3. The number of sulfonamides is 1. The number of carbonyl (C=O) groups is 2. The van der Waals surface area contributed by atoms with Crippen LogP contribution < -0.4 is 19.1 Å². The number of rotatable bonds is 13. The number of carbonyl (C=O) groups excluding carboxylic acids is 2. The highest BCUT2D eigenvalue weighted by Crippen LogP contribution is 2.33. The van der Waals surface area contributed by atoms with Gasteiger partial charge in [0.1, 0.15) is 18.4 Å². The summed E-state index contributed by atoms with van der Waals surface area (Å²) in [5.74, 6) is -0.689. The van der Waals surface area contributed by atoms with Gasteiger partial charge in [0, 0.05) is 19.2 Å². The van der Waals surface area contributed by atoms with Crippen molar-refractivity contribution in [3.63, 3.8) is 0 Å². The summed E-state index contributed by atoms with van der Waals surface area (Å²) in [4.78, 5) is 28.4. The maximum Gasteiger partial charge on any atom is 0.264 e. The van der Waals surface area contributed by atoms with Gasteiger partial charge in [-0.25, -0.2) is 12.8 Å². The van der Waals surface area contributed by atoms with Gasteiger partial charge in [-0.05, 0) is 79.8 Å². The first-order valence-electron chi connectivity index (χ1n) is 13.9. The Hall–Kier alpha value is -4.12. The second-order valence-electron chi connectivity index (χ2n) is 10.8. The quantitative estimate of drug-likeness (QED) is 0.296. The summed E-state index contributed by atoms with van der Waals surface area (Å²) in [7, 11) is -1.47. The molecule has 0 heterocycles. The summed E-state index contributed by atoms with van der Waals surface area (Å²) < 4.78 is 53.7. The van der Waals surface area contributed by atoms with Gasteiger partial charge >= 0.3 is 0 Å². The normalized spacial score (nSPS) is 12.0. The standard InChI is InChI=1S/C32H40FN3O6S/c1-21(2)18-34-32(38)24(5)35(19-25-8-10-26(33)11-9-25)31(37)20-36(27-15-22(3)14-23(4)16-27)43(39,40)28-12-13-29(41-6)30(17-28)42-7/h8-17,21,24H,18-20H2,1-7H3,(H,34,38)/t24-/m1/s1. The lowest BCUT2D eigenvalue weighted by Crippen LogP contribution is -2.51. The van der Waals surface area contributed by atoms with Crippen molar-refractivity contribution in [2.75, 3.05) is 31.6 Å². The highest BCUT2D eigenvalue weighted by atomic mass is 32.2. The lowest BCUT2D eigenvalue weighted by molar-refractivity contribution is -0.139. The molecule has 2 amide bonds. The molecule has 0 aliphatic heterocycles. The highest BCUT2D eigenvalue weighted by Gasteiger charge is 2.33. The molecule has 3 aromatic carbocycles. The molecule has 0 aliphatic carbocycles. The number of hydrogen-bond acceptors (Lipinski definition) is 6. The molecule has 11 heteroatoms. The Balaban J connectivity index is 2.09. The predicted molar refractivity (Wildman–Crippen MR) is 164 cm³/mol. The molecule has 0 radical (unpaired) electrons. The van der Waals surface area contributed by atoms with E-state index in [2.05, 4.69) is 5.32 Å². The van der Waals surface area contributed by atoms with Crippen molar-refractivity contribution in [3.8, 4) is 11.5 Å². The van der Waals surface area contributed by atoms with Crippen LogP contribution in [0, 0.1) is 25.6 Å². The Morgan fingerprint density at radius 2 is 1.49 bits per heavy atom. The number of halogens is 1. The van der Waals surface area contributed by atoms with Crippen LogP contribution in [0.3, 0.4) is 0 Å². The number of nitrogens with one attached hydrogen (secondary N) is 1. The van der Waals surface area contributed by atoms with Gasteiger partial charge in [0.2, 0.25) is 11.8 Å². The van der Waals surface area contributed by atoms with Crippen molar-refractivity contribution in [2.45, 2.75) is 52.1 Å². The largest absolute Gasteiger partial charge is 0.493 e. The zero-order valence-electron chi connectivity index (χ0n) is 25.7. The third kappa shape index (κ3) is 8.47. The van der Waals surface area contributed by atoms with Crippen molar-refractivity contribution < 1.29 is 31.9 Å². The molecule has 9 nitrogen and oxygen atoms in total. The predicted octanol–water partition coefficient (Wildman–Crippen LogP) is 4.84. The van der Waals surface area contributed by atoms with Gasteiger partial charge in [-0.1, -0.05) is 32.0 Å². The summed E-state index contributed by atoms with van der Waals surface area (Å²) in [6.07, 6.45) is 0. The number of amides is 2. The highest BCUT2D eigenvalue weighted by molar-refractivity contribution is 7.92. The molecule has 0 unspecified atom stereocenters. The summed E-state index contributed by atoms with van der Waals surface area (Å²) in [6.45, 7) is 8.93. The van der Waals surface area contributed by atoms with E-state index in [0.29, 0.717) is 23.5 Å². The summed E-state index contributed by atoms with van der Waals surface area (Å²) in [5.41, 5.74) is 2.48. The number of aryl methyl sites for hydroxylation is 2. The van der Waals surface area contributed by atoms with Crippen LogP contribution in [0.5, 0.6) is 11.5 Å². The minimum absolute atomic E-state index is 0.0352. The van der Waals surface area contributed by atoms with E-state index in [-0.39, 0.29) is 29.0 Å². The first-order valence-corrected chi connectivity index (χ1v) is 15.4. The molecule has 232 valence electrons. The molecular weight excluding hydrogens is 573 g/mol. The van der Waals surface area contributed by atoms with Crippen molar-refractivity contribution >= 4 is 27.5 Å². The van der Waals surface area contributed by atoms with Crippen LogP contribution in [-0.2, 0) is 26.2 Å². The van der Waals surface area contributed by atoms with Gasteiger partial charge in [0.05, 0.1) is 24.8 Å². The van der Waals surface area contributed by atoms with E-state index in [9.17, 15) is 22.4 Å². The Morgan fingerprint density at radius 1 is 0.884 bits per heavy atom. The number of hydrogen-bond donors (Lipinski definition) is 1. The van der Waals surface area contributed by atoms with Gasteiger partial charge < -0.3 is 19.7 Å². The summed E-state index contributed by atoms with van der Waals surface area (Å²) in [5, 5.41) is 2.84. The van der Waals surface area contributed by atoms with E-state index in [0.717, 1.165) is 15.4 Å². The Morgan fingerprint density at radius 3 is 2.05 bits per heavy atom. The van der Waals surface area contributed by atoms with Gasteiger partial charge in [-0.15, -0.1) is 0 Å². The van der Waals surface area contributed by atoms with Crippen LogP contribution in [0.1, 0.15) is 37.5 Å². The molecule has 43 heavy (non-hydrogen) atoms.